The summed E-state index contributed by atoms with van der Waals surface area (Å²) in [6, 6.07) is 0. The van der Waals surface area contributed by atoms with E-state index in [-0.39, 0.29) is 5.91 Å². The molecular weight excluding hydrogens is 252 g/mol. The van der Waals surface area contributed by atoms with Gasteiger partial charge in [0.05, 0.1) is 18.7 Å². The first-order valence-electron chi connectivity index (χ1n) is 6.49. The number of amides is 1. The number of carbonyl (C=O) groups is 1. The zero-order valence-electron chi connectivity index (χ0n) is 10.3. The highest BCUT2D eigenvalue weighted by molar-refractivity contribution is 7.78. The van der Waals surface area contributed by atoms with Crippen LogP contribution in [0, 0.1) is 0 Å². The van der Waals surface area contributed by atoms with Crippen LogP contribution in [0.25, 0.3) is 0 Å². The van der Waals surface area contributed by atoms with Crippen LogP contribution in [0.5, 0.6) is 0 Å². The minimum atomic E-state index is -0.472. The molecule has 0 aromatic carbocycles. The lowest BCUT2D eigenvalue weighted by Gasteiger charge is -2.50. The largest absolute Gasteiger partial charge is 0.352 e. The van der Waals surface area contributed by atoms with Gasteiger partial charge in [-0.3, -0.25) is 4.79 Å². The van der Waals surface area contributed by atoms with Crippen LogP contribution >= 0.6 is 12.2 Å². The molecule has 0 atom stereocenters. The number of nitrogens with one attached hydrogen (secondary N) is 1. The van der Waals surface area contributed by atoms with Gasteiger partial charge in [0, 0.05) is 25.9 Å². The third-order valence-electron chi connectivity index (χ3n) is 4.39. The van der Waals surface area contributed by atoms with Crippen molar-refractivity contribution in [3.8, 4) is 0 Å². The first kappa shape index (κ1) is 12.3. The van der Waals surface area contributed by atoms with Crippen molar-refractivity contribution in [2.45, 2.75) is 37.0 Å². The van der Waals surface area contributed by atoms with E-state index in [4.69, 9.17) is 21.7 Å². The van der Waals surface area contributed by atoms with Gasteiger partial charge in [0.15, 0.2) is 5.79 Å². The van der Waals surface area contributed by atoms with E-state index in [0.29, 0.717) is 19.8 Å². The Morgan fingerprint density at radius 1 is 1.22 bits per heavy atom. The Labute approximate surface area is 112 Å². The molecule has 3 fully saturated rings. The van der Waals surface area contributed by atoms with Crippen molar-refractivity contribution in [2.75, 3.05) is 26.3 Å². The molecule has 0 aromatic heterocycles. The third kappa shape index (κ3) is 1.74. The van der Waals surface area contributed by atoms with Crippen LogP contribution in [0.2, 0.25) is 0 Å². The van der Waals surface area contributed by atoms with E-state index in [9.17, 15) is 4.79 Å². The molecule has 1 N–H and O–H groups in total. The highest BCUT2D eigenvalue weighted by Gasteiger charge is 2.53. The molecule has 1 aliphatic carbocycles. The monoisotopic (exact) mass is 270 g/mol. The molecule has 0 radical (unpaired) electrons. The van der Waals surface area contributed by atoms with Crippen LogP contribution in [0.4, 0.5) is 0 Å². The standard InChI is InChI=1S/C12H18N2O3S/c15-10-11(14(9-18)6-5-13-10)1-3-12(4-2-11)16-7-8-17-12/h9H,1-8H2,(H,13,15). The van der Waals surface area contributed by atoms with Gasteiger partial charge in [-0.15, -0.1) is 0 Å². The smallest absolute Gasteiger partial charge is 0.245 e. The molecule has 5 nitrogen and oxygen atoms in total. The fourth-order valence-corrected chi connectivity index (χ4v) is 3.60. The minimum absolute atomic E-state index is 0.0997. The summed E-state index contributed by atoms with van der Waals surface area (Å²) in [6.45, 7) is 2.79. The SMILES string of the molecule is O=C1NCCN(C=S)C12CCC1(CC2)OCCO1. The number of hydrogen-bond donors (Lipinski definition) is 1. The van der Waals surface area contributed by atoms with Gasteiger partial charge in [0.25, 0.3) is 0 Å². The Bertz CT molecular complexity index is 358. The summed E-state index contributed by atoms with van der Waals surface area (Å²) >= 11 is 5.06. The first-order chi connectivity index (χ1) is 8.71. The third-order valence-corrected chi connectivity index (χ3v) is 4.64. The van der Waals surface area contributed by atoms with Crippen molar-refractivity contribution in [1.82, 2.24) is 10.2 Å². The molecular formula is C12H18N2O3S. The van der Waals surface area contributed by atoms with E-state index >= 15 is 0 Å². The van der Waals surface area contributed by atoms with Gasteiger partial charge in [0.1, 0.15) is 5.54 Å². The maximum Gasteiger partial charge on any atom is 0.245 e. The molecule has 18 heavy (non-hydrogen) atoms. The van der Waals surface area contributed by atoms with E-state index < -0.39 is 11.3 Å². The van der Waals surface area contributed by atoms with Crippen molar-refractivity contribution in [2.24, 2.45) is 0 Å². The fourth-order valence-electron chi connectivity index (χ4n) is 3.30. The van der Waals surface area contributed by atoms with Gasteiger partial charge < -0.3 is 19.7 Å². The Hall–Kier alpha value is -0.720. The average Bonchev–Trinajstić information content (AvgIpc) is 2.85. The van der Waals surface area contributed by atoms with Crippen LogP contribution < -0.4 is 5.32 Å². The van der Waals surface area contributed by atoms with Crippen molar-refractivity contribution in [1.29, 1.82) is 0 Å². The van der Waals surface area contributed by atoms with Crippen LogP contribution in [-0.4, -0.2) is 53.9 Å². The minimum Gasteiger partial charge on any atom is -0.352 e. The fraction of sp³-hybridized carbons (Fsp3) is 0.833. The summed E-state index contributed by atoms with van der Waals surface area (Å²) < 4.78 is 11.4. The molecule has 1 amide bonds. The van der Waals surface area contributed by atoms with E-state index in [1.807, 2.05) is 4.90 Å². The molecule has 2 spiro atoms. The highest BCUT2D eigenvalue weighted by Crippen LogP contribution is 2.43. The van der Waals surface area contributed by atoms with Crippen molar-refractivity contribution < 1.29 is 14.3 Å². The lowest BCUT2D eigenvalue weighted by Crippen LogP contribution is -2.66. The van der Waals surface area contributed by atoms with Gasteiger partial charge in [-0.2, -0.15) is 0 Å². The number of hydrogen-bond acceptors (Lipinski definition) is 4. The molecule has 2 aliphatic heterocycles. The Kier molecular flexibility index (Phi) is 3.03. The maximum absolute atomic E-state index is 12.2. The molecule has 0 unspecified atom stereocenters. The molecule has 3 rings (SSSR count). The molecule has 0 aromatic rings. The molecule has 6 heteroatoms. The summed E-state index contributed by atoms with van der Waals surface area (Å²) in [4.78, 5) is 14.3. The predicted octanol–water partition coefficient (Wildman–Crippen LogP) is 0.431. The second kappa shape index (κ2) is 4.43. The quantitative estimate of drug-likeness (QED) is 0.700. The summed E-state index contributed by atoms with van der Waals surface area (Å²) in [5.74, 6) is -0.335. The highest BCUT2D eigenvalue weighted by atomic mass is 32.1. The number of rotatable bonds is 1. The average molecular weight is 270 g/mol. The number of thiocarbonyl (C=S) groups is 1. The van der Waals surface area contributed by atoms with Gasteiger partial charge in [0.2, 0.25) is 5.91 Å². The zero-order valence-corrected chi connectivity index (χ0v) is 11.1. The van der Waals surface area contributed by atoms with Crippen molar-refractivity contribution in [3.63, 3.8) is 0 Å². The predicted molar refractivity (Wildman–Crippen MR) is 69.2 cm³/mol. The number of carbonyl (C=O) groups excluding carboxylic acids is 1. The van der Waals surface area contributed by atoms with Gasteiger partial charge >= 0.3 is 0 Å². The molecule has 0 bridgehead atoms. The van der Waals surface area contributed by atoms with E-state index in [1.54, 1.807) is 5.49 Å². The van der Waals surface area contributed by atoms with Crippen LogP contribution in [0.3, 0.4) is 0 Å². The van der Waals surface area contributed by atoms with Crippen LogP contribution in [0.15, 0.2) is 0 Å². The summed E-state index contributed by atoms with van der Waals surface area (Å²) in [5.41, 5.74) is 1.16. The van der Waals surface area contributed by atoms with E-state index in [1.165, 1.54) is 0 Å². The van der Waals surface area contributed by atoms with Gasteiger partial charge in [-0.05, 0) is 12.8 Å². The van der Waals surface area contributed by atoms with E-state index in [2.05, 4.69) is 5.32 Å². The van der Waals surface area contributed by atoms with Crippen LogP contribution in [0.1, 0.15) is 25.7 Å². The normalized spacial score (nSPS) is 29.6. The molecule has 2 heterocycles. The Morgan fingerprint density at radius 3 is 2.50 bits per heavy atom. The molecule has 1 saturated carbocycles. The lowest BCUT2D eigenvalue weighted by molar-refractivity contribution is -0.193. The van der Waals surface area contributed by atoms with Gasteiger partial charge in [-0.25, -0.2) is 0 Å². The summed E-state index contributed by atoms with van der Waals surface area (Å²) in [7, 11) is 0. The molecule has 3 aliphatic rings. The topological polar surface area (TPSA) is 50.8 Å². The first-order valence-corrected chi connectivity index (χ1v) is 6.96. The Balaban J connectivity index is 1.79. The number of piperazine rings is 1. The summed E-state index contributed by atoms with van der Waals surface area (Å²) in [5, 5.41) is 2.96. The maximum atomic E-state index is 12.2. The van der Waals surface area contributed by atoms with Crippen molar-refractivity contribution >= 4 is 23.6 Å². The van der Waals surface area contributed by atoms with Crippen molar-refractivity contribution in [3.05, 3.63) is 0 Å². The lowest BCUT2D eigenvalue weighted by atomic mass is 9.76. The summed E-state index contributed by atoms with van der Waals surface area (Å²) in [6.07, 6.45) is 3.01. The Morgan fingerprint density at radius 2 is 1.89 bits per heavy atom. The molecule has 100 valence electrons. The van der Waals surface area contributed by atoms with E-state index in [0.717, 1.165) is 32.2 Å². The number of ether oxygens (including phenoxy) is 2. The number of nitrogens with zero attached hydrogens (tertiary/aromatic N) is 1. The second-order valence-corrected chi connectivity index (χ2v) is 5.40. The molecule has 2 saturated heterocycles. The van der Waals surface area contributed by atoms with Crippen LogP contribution in [-0.2, 0) is 14.3 Å². The van der Waals surface area contributed by atoms with Gasteiger partial charge in [-0.1, -0.05) is 12.2 Å². The second-order valence-electron chi connectivity index (χ2n) is 5.19. The zero-order chi connectivity index (χ0) is 12.6.